The number of rotatable bonds is 3. The summed E-state index contributed by atoms with van der Waals surface area (Å²) in [6, 6.07) is 12.0. The third-order valence-corrected chi connectivity index (χ3v) is 2.28. The van der Waals surface area contributed by atoms with E-state index in [0.717, 1.165) is 5.69 Å². The Hall–Kier alpha value is -2.87. The molecule has 0 aliphatic rings. The van der Waals surface area contributed by atoms with Gasteiger partial charge in [-0.1, -0.05) is 0 Å². The zero-order chi connectivity index (χ0) is 13.0. The van der Waals surface area contributed by atoms with Crippen LogP contribution in [-0.2, 0) is 0 Å². The molecule has 0 unspecified atom stereocenters. The quantitative estimate of drug-likeness (QED) is 0.858. The van der Waals surface area contributed by atoms with Crippen molar-refractivity contribution in [3.05, 3.63) is 53.9 Å². The van der Waals surface area contributed by atoms with Crippen LogP contribution in [0.2, 0.25) is 0 Å². The number of nitrogens with zero attached hydrogens (tertiary/aromatic N) is 2. The van der Waals surface area contributed by atoms with Crippen molar-refractivity contribution in [2.24, 2.45) is 0 Å². The smallest absolute Gasteiger partial charge is 0.354 e. The van der Waals surface area contributed by atoms with E-state index in [9.17, 15) is 4.79 Å². The standard InChI is InChI=1S/C13H9N3O2/c14-8-9-1-3-10(4-2-9)16-11-5-6-15-12(7-11)13(17)18/h1-7H,(H,15,16)(H,17,18). The van der Waals surface area contributed by atoms with Gasteiger partial charge in [-0.2, -0.15) is 5.26 Å². The molecule has 0 aliphatic heterocycles. The molecule has 5 nitrogen and oxygen atoms in total. The van der Waals surface area contributed by atoms with Crippen LogP contribution in [0.1, 0.15) is 16.1 Å². The largest absolute Gasteiger partial charge is 0.477 e. The van der Waals surface area contributed by atoms with Gasteiger partial charge in [-0.3, -0.25) is 0 Å². The van der Waals surface area contributed by atoms with E-state index >= 15 is 0 Å². The normalized spacial score (nSPS) is 9.50. The summed E-state index contributed by atoms with van der Waals surface area (Å²) in [4.78, 5) is 14.5. The Morgan fingerprint density at radius 3 is 2.56 bits per heavy atom. The minimum atomic E-state index is -1.07. The van der Waals surface area contributed by atoms with Crippen molar-refractivity contribution in [3.63, 3.8) is 0 Å². The molecule has 0 fully saturated rings. The number of hydrogen-bond acceptors (Lipinski definition) is 4. The molecule has 1 aromatic heterocycles. The Balaban J connectivity index is 2.20. The minimum absolute atomic E-state index is 0.0198. The zero-order valence-corrected chi connectivity index (χ0v) is 9.29. The molecule has 18 heavy (non-hydrogen) atoms. The van der Waals surface area contributed by atoms with E-state index < -0.39 is 5.97 Å². The molecule has 1 heterocycles. The van der Waals surface area contributed by atoms with Crippen molar-refractivity contribution in [1.29, 1.82) is 5.26 Å². The Morgan fingerprint density at radius 2 is 1.94 bits per heavy atom. The average Bonchev–Trinajstić information content (AvgIpc) is 2.40. The molecule has 88 valence electrons. The number of carboxylic acids is 1. The third kappa shape index (κ3) is 2.62. The number of pyridine rings is 1. The molecule has 5 heteroatoms. The van der Waals surface area contributed by atoms with Crippen LogP contribution in [0.25, 0.3) is 0 Å². The molecule has 2 rings (SSSR count). The maximum absolute atomic E-state index is 10.8. The number of anilines is 2. The first-order valence-electron chi connectivity index (χ1n) is 5.15. The van der Waals surface area contributed by atoms with Gasteiger partial charge in [0.1, 0.15) is 5.69 Å². The van der Waals surface area contributed by atoms with Gasteiger partial charge in [0.15, 0.2) is 0 Å². The number of carboxylic acid groups (broad SMARTS) is 1. The summed E-state index contributed by atoms with van der Waals surface area (Å²) in [5.74, 6) is -1.07. The van der Waals surface area contributed by atoms with Crippen molar-refractivity contribution in [2.45, 2.75) is 0 Å². The average molecular weight is 239 g/mol. The number of aromatic carboxylic acids is 1. The fraction of sp³-hybridized carbons (Fsp3) is 0. The van der Waals surface area contributed by atoms with Crippen molar-refractivity contribution >= 4 is 17.3 Å². The van der Waals surface area contributed by atoms with E-state index in [1.54, 1.807) is 30.3 Å². The van der Waals surface area contributed by atoms with Gasteiger partial charge in [-0.15, -0.1) is 0 Å². The number of hydrogen-bond donors (Lipinski definition) is 2. The highest BCUT2D eigenvalue weighted by Crippen LogP contribution is 2.17. The van der Waals surface area contributed by atoms with Crippen LogP contribution in [0, 0.1) is 11.3 Å². The number of benzene rings is 1. The summed E-state index contributed by atoms with van der Waals surface area (Å²) in [6.07, 6.45) is 1.43. The van der Waals surface area contributed by atoms with Crippen LogP contribution in [0.5, 0.6) is 0 Å². The van der Waals surface area contributed by atoms with Gasteiger partial charge in [-0.05, 0) is 36.4 Å². The lowest BCUT2D eigenvalue weighted by atomic mass is 10.2. The first-order valence-corrected chi connectivity index (χ1v) is 5.15. The first kappa shape index (κ1) is 11.6. The number of nitrogens with one attached hydrogen (secondary N) is 1. The van der Waals surface area contributed by atoms with Crippen molar-refractivity contribution < 1.29 is 9.90 Å². The lowest BCUT2D eigenvalue weighted by molar-refractivity contribution is 0.0690. The highest BCUT2D eigenvalue weighted by atomic mass is 16.4. The van der Waals surface area contributed by atoms with Gasteiger partial charge in [0.2, 0.25) is 0 Å². The van der Waals surface area contributed by atoms with Crippen molar-refractivity contribution in [1.82, 2.24) is 4.98 Å². The van der Waals surface area contributed by atoms with E-state index in [0.29, 0.717) is 11.3 Å². The van der Waals surface area contributed by atoms with Crippen LogP contribution in [-0.4, -0.2) is 16.1 Å². The second kappa shape index (κ2) is 4.97. The topological polar surface area (TPSA) is 86.0 Å². The summed E-state index contributed by atoms with van der Waals surface area (Å²) in [5, 5.41) is 20.5. The minimum Gasteiger partial charge on any atom is -0.477 e. The molecule has 1 aromatic carbocycles. The lowest BCUT2D eigenvalue weighted by Crippen LogP contribution is -2.01. The fourth-order valence-corrected chi connectivity index (χ4v) is 1.42. The van der Waals surface area contributed by atoms with Crippen molar-refractivity contribution in [2.75, 3.05) is 5.32 Å². The van der Waals surface area contributed by atoms with Gasteiger partial charge in [0, 0.05) is 17.6 Å². The van der Waals surface area contributed by atoms with Gasteiger partial charge in [0.25, 0.3) is 0 Å². The van der Waals surface area contributed by atoms with E-state index in [1.165, 1.54) is 12.3 Å². The van der Waals surface area contributed by atoms with Crippen LogP contribution in [0.4, 0.5) is 11.4 Å². The molecule has 0 bridgehead atoms. The summed E-state index contributed by atoms with van der Waals surface area (Å²) >= 11 is 0. The second-order valence-corrected chi connectivity index (χ2v) is 3.55. The van der Waals surface area contributed by atoms with E-state index in [1.807, 2.05) is 6.07 Å². The number of aromatic nitrogens is 1. The van der Waals surface area contributed by atoms with E-state index in [-0.39, 0.29) is 5.69 Å². The van der Waals surface area contributed by atoms with Crippen LogP contribution in [0.15, 0.2) is 42.6 Å². The highest BCUT2D eigenvalue weighted by molar-refractivity contribution is 5.86. The lowest BCUT2D eigenvalue weighted by Gasteiger charge is -2.06. The summed E-state index contributed by atoms with van der Waals surface area (Å²) in [5.41, 5.74) is 1.96. The second-order valence-electron chi connectivity index (χ2n) is 3.55. The van der Waals surface area contributed by atoms with E-state index in [4.69, 9.17) is 10.4 Å². The highest BCUT2D eigenvalue weighted by Gasteiger charge is 2.04. The predicted octanol–water partition coefficient (Wildman–Crippen LogP) is 2.40. The molecular weight excluding hydrogens is 230 g/mol. The first-order chi connectivity index (χ1) is 8.69. The number of carbonyl (C=O) groups is 1. The maximum Gasteiger partial charge on any atom is 0.354 e. The van der Waals surface area contributed by atoms with E-state index in [2.05, 4.69) is 10.3 Å². The van der Waals surface area contributed by atoms with Crippen molar-refractivity contribution in [3.8, 4) is 6.07 Å². The monoisotopic (exact) mass is 239 g/mol. The summed E-state index contributed by atoms with van der Waals surface area (Å²) < 4.78 is 0. The molecule has 0 saturated carbocycles. The van der Waals surface area contributed by atoms with Crippen LogP contribution < -0.4 is 5.32 Å². The van der Waals surface area contributed by atoms with Gasteiger partial charge in [-0.25, -0.2) is 9.78 Å². The predicted molar refractivity (Wildman–Crippen MR) is 65.6 cm³/mol. The Labute approximate surface area is 103 Å². The molecule has 0 saturated heterocycles. The maximum atomic E-state index is 10.8. The molecule has 0 atom stereocenters. The van der Waals surface area contributed by atoms with Gasteiger partial charge < -0.3 is 10.4 Å². The Morgan fingerprint density at radius 1 is 1.22 bits per heavy atom. The molecule has 0 spiro atoms. The van der Waals surface area contributed by atoms with Gasteiger partial charge >= 0.3 is 5.97 Å². The SMILES string of the molecule is N#Cc1ccc(Nc2ccnc(C(=O)O)c2)cc1. The Bertz CT molecular complexity index is 615. The zero-order valence-electron chi connectivity index (χ0n) is 9.29. The third-order valence-electron chi connectivity index (χ3n) is 2.28. The molecule has 2 N–H and O–H groups in total. The summed E-state index contributed by atoms with van der Waals surface area (Å²) in [6.45, 7) is 0. The molecule has 0 amide bonds. The van der Waals surface area contributed by atoms with Crippen LogP contribution >= 0.6 is 0 Å². The van der Waals surface area contributed by atoms with Crippen LogP contribution in [0.3, 0.4) is 0 Å². The molecule has 2 aromatic rings. The molecule has 0 aliphatic carbocycles. The molecule has 0 radical (unpaired) electrons. The molecular formula is C13H9N3O2. The number of nitriles is 1. The fourth-order valence-electron chi connectivity index (χ4n) is 1.42. The summed E-state index contributed by atoms with van der Waals surface area (Å²) in [7, 11) is 0. The Kier molecular flexibility index (Phi) is 3.21. The van der Waals surface area contributed by atoms with Gasteiger partial charge in [0.05, 0.1) is 11.6 Å².